The lowest BCUT2D eigenvalue weighted by Crippen LogP contribution is -2.66. The molecule has 0 spiro atoms. The van der Waals surface area contributed by atoms with Crippen molar-refractivity contribution in [2.24, 2.45) is 34.5 Å². The van der Waals surface area contributed by atoms with Crippen LogP contribution in [-0.2, 0) is 4.79 Å². The highest BCUT2D eigenvalue weighted by Gasteiger charge is 2.70. The van der Waals surface area contributed by atoms with Crippen molar-refractivity contribution < 1.29 is 35.4 Å². The molecule has 11 atom stereocenters. The molecule has 34 heavy (non-hydrogen) atoms. The van der Waals surface area contributed by atoms with Gasteiger partial charge in [0, 0.05) is 16.7 Å². The van der Waals surface area contributed by atoms with Crippen LogP contribution in [0.3, 0.4) is 0 Å². The minimum atomic E-state index is -1.39. The maximum Gasteiger partial charge on any atom is 0.159 e. The monoisotopic (exact) mass is 480 g/mol. The second kappa shape index (κ2) is 8.35. The van der Waals surface area contributed by atoms with Crippen LogP contribution in [0.1, 0.15) is 79.6 Å². The Bertz CT molecular complexity index is 852. The van der Waals surface area contributed by atoms with E-state index in [1.54, 1.807) is 13.8 Å². The predicted octanol–water partition coefficient (Wildman–Crippen LogP) is 1.71. The number of rotatable bonds is 5. The molecule has 0 aliphatic heterocycles. The Morgan fingerprint density at radius 3 is 2.35 bits per heavy atom. The fourth-order valence-electron chi connectivity index (χ4n) is 8.35. The van der Waals surface area contributed by atoms with Crippen molar-refractivity contribution in [3.8, 4) is 0 Å². The van der Waals surface area contributed by atoms with E-state index in [1.807, 2.05) is 6.92 Å². The molecular formula is C27H44O7. The standard InChI is InChI=1S/C27H44O7/c1-14(2)6-7-21(30)26(5,33)20-9-11-27(34)16-12-18(28)17-13-19(29)22(31)23(32)25(17,4)15(16)8-10-24(20,27)3/h12,14-15,17,19-23,29-34H,6-11,13H2,1-5H3/t15?,17-,19+,20-,21?,22+,23+,24+,25+,26+,27?/m0/s1. The van der Waals surface area contributed by atoms with Gasteiger partial charge >= 0.3 is 0 Å². The molecule has 0 aromatic heterocycles. The summed E-state index contributed by atoms with van der Waals surface area (Å²) in [5.41, 5.74) is -3.90. The van der Waals surface area contributed by atoms with E-state index in [-0.39, 0.29) is 24.0 Å². The van der Waals surface area contributed by atoms with Crippen LogP contribution in [-0.4, -0.2) is 72.0 Å². The largest absolute Gasteiger partial charge is 0.390 e. The summed E-state index contributed by atoms with van der Waals surface area (Å²) in [5.74, 6) is -1.14. The summed E-state index contributed by atoms with van der Waals surface area (Å²) in [6.07, 6.45) is 0.185. The number of hydrogen-bond donors (Lipinski definition) is 6. The lowest BCUT2D eigenvalue weighted by molar-refractivity contribution is -0.204. The molecule has 4 aliphatic carbocycles. The van der Waals surface area contributed by atoms with Gasteiger partial charge in [-0.05, 0) is 81.3 Å². The number of aliphatic hydroxyl groups excluding tert-OH is 4. The number of aliphatic hydroxyl groups is 6. The zero-order chi connectivity index (χ0) is 25.4. The van der Waals surface area contributed by atoms with Crippen LogP contribution in [0.5, 0.6) is 0 Å². The Hall–Kier alpha value is -0.830. The zero-order valence-electron chi connectivity index (χ0n) is 21.2. The molecule has 3 fully saturated rings. The van der Waals surface area contributed by atoms with Crippen LogP contribution in [0.15, 0.2) is 11.6 Å². The maximum absolute atomic E-state index is 13.3. The van der Waals surface area contributed by atoms with Gasteiger partial charge < -0.3 is 30.6 Å². The molecule has 4 rings (SSSR count). The van der Waals surface area contributed by atoms with Crippen LogP contribution >= 0.6 is 0 Å². The number of carbonyl (C=O) groups is 1. The van der Waals surface area contributed by atoms with Gasteiger partial charge in [-0.25, -0.2) is 0 Å². The summed E-state index contributed by atoms with van der Waals surface area (Å²) in [4.78, 5) is 13.3. The quantitative estimate of drug-likeness (QED) is 0.352. The van der Waals surface area contributed by atoms with E-state index in [2.05, 4.69) is 13.8 Å². The van der Waals surface area contributed by atoms with Gasteiger partial charge in [0.05, 0.1) is 29.5 Å². The Kier molecular flexibility index (Phi) is 6.45. The van der Waals surface area contributed by atoms with Crippen molar-refractivity contribution >= 4 is 5.78 Å². The van der Waals surface area contributed by atoms with Crippen molar-refractivity contribution in [2.75, 3.05) is 0 Å². The molecule has 3 unspecified atom stereocenters. The Morgan fingerprint density at radius 1 is 1.09 bits per heavy atom. The molecule has 0 aromatic rings. The lowest BCUT2D eigenvalue weighted by atomic mass is 9.45. The van der Waals surface area contributed by atoms with Crippen LogP contribution in [0, 0.1) is 34.5 Å². The van der Waals surface area contributed by atoms with E-state index in [9.17, 15) is 35.4 Å². The molecule has 0 heterocycles. The first-order valence-electron chi connectivity index (χ1n) is 13.0. The molecule has 0 bridgehead atoms. The van der Waals surface area contributed by atoms with E-state index in [1.165, 1.54) is 6.08 Å². The number of hydrogen-bond acceptors (Lipinski definition) is 7. The zero-order valence-corrected chi connectivity index (χ0v) is 21.2. The Balaban J connectivity index is 1.71. The van der Waals surface area contributed by atoms with E-state index < -0.39 is 52.4 Å². The molecule has 0 aromatic carbocycles. The molecular weight excluding hydrogens is 436 g/mol. The second-order valence-corrected chi connectivity index (χ2v) is 12.8. The van der Waals surface area contributed by atoms with Gasteiger partial charge in [-0.2, -0.15) is 0 Å². The highest BCUT2D eigenvalue weighted by atomic mass is 16.4. The van der Waals surface area contributed by atoms with Gasteiger partial charge in [0.15, 0.2) is 5.78 Å². The number of allylic oxidation sites excluding steroid dienone is 1. The highest BCUT2D eigenvalue weighted by molar-refractivity contribution is 5.95. The molecule has 7 nitrogen and oxygen atoms in total. The second-order valence-electron chi connectivity index (χ2n) is 12.8. The van der Waals surface area contributed by atoms with Crippen molar-refractivity contribution in [2.45, 2.75) is 115 Å². The van der Waals surface area contributed by atoms with Gasteiger partial charge in [-0.3, -0.25) is 4.79 Å². The van der Waals surface area contributed by atoms with Crippen LogP contribution in [0.4, 0.5) is 0 Å². The molecule has 194 valence electrons. The Labute approximate surface area is 202 Å². The van der Waals surface area contributed by atoms with Gasteiger partial charge in [-0.15, -0.1) is 0 Å². The molecule has 0 saturated heterocycles. The van der Waals surface area contributed by atoms with Crippen molar-refractivity contribution in [1.82, 2.24) is 0 Å². The minimum absolute atomic E-state index is 0.0862. The minimum Gasteiger partial charge on any atom is -0.390 e. The third-order valence-corrected chi connectivity index (χ3v) is 10.7. The summed E-state index contributed by atoms with van der Waals surface area (Å²) < 4.78 is 0. The SMILES string of the molecule is CC(C)CCC(O)[C@](C)(O)[C@H]1CCC2(O)C3=CC(=O)[C@@H]4C[C@@H](O)[C@@H](O)[C@@H](O)[C@]4(C)C3CC[C@]12C. The molecule has 0 amide bonds. The molecule has 3 saturated carbocycles. The number of fused-ring (bicyclic) bond motifs is 5. The van der Waals surface area contributed by atoms with Gasteiger partial charge in [0.1, 0.15) is 6.10 Å². The third kappa shape index (κ3) is 3.41. The van der Waals surface area contributed by atoms with Gasteiger partial charge in [0.2, 0.25) is 0 Å². The summed E-state index contributed by atoms with van der Waals surface area (Å²) >= 11 is 0. The molecule has 0 radical (unpaired) electrons. The normalized spacial score (nSPS) is 49.1. The first-order valence-corrected chi connectivity index (χ1v) is 13.0. The highest BCUT2D eigenvalue weighted by Crippen LogP contribution is 2.68. The molecule has 7 heteroatoms. The van der Waals surface area contributed by atoms with E-state index in [0.717, 1.165) is 6.42 Å². The molecule has 6 N–H and O–H groups in total. The van der Waals surface area contributed by atoms with Crippen molar-refractivity contribution in [3.63, 3.8) is 0 Å². The maximum atomic E-state index is 13.3. The fraction of sp³-hybridized carbons (Fsp3) is 0.889. The smallest absolute Gasteiger partial charge is 0.159 e. The van der Waals surface area contributed by atoms with E-state index in [4.69, 9.17) is 0 Å². The van der Waals surface area contributed by atoms with Crippen LogP contribution < -0.4 is 0 Å². The van der Waals surface area contributed by atoms with E-state index >= 15 is 0 Å². The molecule has 4 aliphatic rings. The average Bonchev–Trinajstić information content (AvgIpc) is 3.04. The lowest BCUT2D eigenvalue weighted by Gasteiger charge is -2.61. The van der Waals surface area contributed by atoms with Gasteiger partial charge in [0.25, 0.3) is 0 Å². The fourth-order valence-corrected chi connectivity index (χ4v) is 8.35. The van der Waals surface area contributed by atoms with Crippen molar-refractivity contribution in [3.05, 3.63) is 11.6 Å². The number of ketones is 1. The van der Waals surface area contributed by atoms with Crippen molar-refractivity contribution in [1.29, 1.82) is 0 Å². The number of carbonyl (C=O) groups excluding carboxylic acids is 1. The first kappa shape index (κ1) is 26.2. The van der Waals surface area contributed by atoms with Crippen LogP contribution in [0.2, 0.25) is 0 Å². The van der Waals surface area contributed by atoms with E-state index in [0.29, 0.717) is 43.6 Å². The predicted molar refractivity (Wildman–Crippen MR) is 127 cm³/mol. The summed E-state index contributed by atoms with van der Waals surface area (Å²) in [7, 11) is 0. The third-order valence-electron chi connectivity index (χ3n) is 10.7. The average molecular weight is 481 g/mol. The Morgan fingerprint density at radius 2 is 1.74 bits per heavy atom. The first-order chi connectivity index (χ1) is 15.6. The van der Waals surface area contributed by atoms with Crippen LogP contribution in [0.25, 0.3) is 0 Å². The summed E-state index contributed by atoms with van der Waals surface area (Å²) in [6, 6.07) is 0. The van der Waals surface area contributed by atoms with Gasteiger partial charge in [-0.1, -0.05) is 27.7 Å². The summed E-state index contributed by atoms with van der Waals surface area (Å²) in [5, 5.41) is 66.5. The topological polar surface area (TPSA) is 138 Å². The summed E-state index contributed by atoms with van der Waals surface area (Å²) in [6.45, 7) is 9.59.